The maximum Gasteiger partial charge on any atom is 0.243 e. The number of thioether (sulfide) groups is 1. The summed E-state index contributed by atoms with van der Waals surface area (Å²) >= 11 is 7.45. The molecule has 0 aliphatic carbocycles. The second-order valence-corrected chi connectivity index (χ2v) is 10.6. The maximum atomic E-state index is 13.6. The molecule has 184 valence electrons. The Labute approximate surface area is 218 Å². The number of rotatable bonds is 11. The lowest BCUT2D eigenvalue weighted by atomic mass is 10.0. The number of nitrogens with zero attached hydrogens (tertiary/aromatic N) is 1. The fourth-order valence-corrected chi connectivity index (χ4v) is 4.54. The van der Waals surface area contributed by atoms with E-state index in [1.807, 2.05) is 85.8 Å². The summed E-state index contributed by atoms with van der Waals surface area (Å²) in [5.41, 5.74) is 3.17. The second kappa shape index (κ2) is 13.4. The van der Waals surface area contributed by atoms with Gasteiger partial charge in [-0.15, -0.1) is 11.8 Å². The Morgan fingerprint density at radius 3 is 2.20 bits per heavy atom. The van der Waals surface area contributed by atoms with E-state index in [9.17, 15) is 9.59 Å². The van der Waals surface area contributed by atoms with Crippen molar-refractivity contribution in [2.45, 2.75) is 44.7 Å². The van der Waals surface area contributed by atoms with Crippen LogP contribution in [-0.2, 0) is 22.6 Å². The van der Waals surface area contributed by atoms with Crippen LogP contribution in [0.25, 0.3) is 0 Å². The lowest BCUT2D eigenvalue weighted by Gasteiger charge is -2.32. The number of benzene rings is 3. The van der Waals surface area contributed by atoms with E-state index >= 15 is 0 Å². The van der Waals surface area contributed by atoms with Gasteiger partial charge in [0.05, 0.1) is 5.75 Å². The zero-order valence-electron chi connectivity index (χ0n) is 20.5. The highest BCUT2D eigenvalue weighted by Crippen LogP contribution is 2.23. The number of amides is 2. The summed E-state index contributed by atoms with van der Waals surface area (Å²) in [4.78, 5) is 29.7. The van der Waals surface area contributed by atoms with E-state index in [-0.39, 0.29) is 17.6 Å². The normalized spacial score (nSPS) is 11.8. The first-order valence-corrected chi connectivity index (χ1v) is 13.2. The van der Waals surface area contributed by atoms with Gasteiger partial charge in [0, 0.05) is 29.4 Å². The first-order chi connectivity index (χ1) is 16.8. The van der Waals surface area contributed by atoms with Crippen molar-refractivity contribution < 1.29 is 9.59 Å². The van der Waals surface area contributed by atoms with Gasteiger partial charge >= 0.3 is 0 Å². The zero-order valence-corrected chi connectivity index (χ0v) is 22.1. The van der Waals surface area contributed by atoms with E-state index in [1.165, 1.54) is 11.8 Å². The van der Waals surface area contributed by atoms with Gasteiger partial charge < -0.3 is 10.2 Å². The topological polar surface area (TPSA) is 49.4 Å². The summed E-state index contributed by atoms with van der Waals surface area (Å²) in [6.45, 7) is 7.09. The molecule has 0 aromatic heterocycles. The van der Waals surface area contributed by atoms with E-state index < -0.39 is 6.04 Å². The lowest BCUT2D eigenvalue weighted by molar-refractivity contribution is -0.139. The molecule has 0 aliphatic rings. The molecule has 1 N–H and O–H groups in total. The molecule has 0 aliphatic heterocycles. The SMILES string of the molecule is Cc1ccc(CN(C(=O)CSc2ccc(Cl)cc2)[C@H](Cc2ccccc2)C(=O)NCC(C)C)cc1. The fraction of sp³-hybridized carbons (Fsp3) is 0.310. The number of hydrogen-bond donors (Lipinski definition) is 1. The number of nitrogens with one attached hydrogen (secondary N) is 1. The van der Waals surface area contributed by atoms with Crippen molar-refractivity contribution in [3.63, 3.8) is 0 Å². The van der Waals surface area contributed by atoms with Crippen LogP contribution in [0.4, 0.5) is 0 Å². The fourth-order valence-electron chi connectivity index (χ4n) is 3.63. The van der Waals surface area contributed by atoms with E-state index in [4.69, 9.17) is 11.6 Å². The second-order valence-electron chi connectivity index (χ2n) is 9.09. The highest BCUT2D eigenvalue weighted by molar-refractivity contribution is 8.00. The lowest BCUT2D eigenvalue weighted by Crippen LogP contribution is -2.51. The van der Waals surface area contributed by atoms with Crippen LogP contribution in [0, 0.1) is 12.8 Å². The molecule has 0 spiro atoms. The molecule has 0 bridgehead atoms. The van der Waals surface area contributed by atoms with Crippen LogP contribution < -0.4 is 5.32 Å². The van der Waals surface area contributed by atoms with Crippen LogP contribution in [0.3, 0.4) is 0 Å². The number of carbonyl (C=O) groups excluding carboxylic acids is 2. The van der Waals surface area contributed by atoms with Crippen molar-refractivity contribution in [2.75, 3.05) is 12.3 Å². The van der Waals surface area contributed by atoms with Gasteiger partial charge in [0.15, 0.2) is 0 Å². The summed E-state index contributed by atoms with van der Waals surface area (Å²) < 4.78 is 0. The average molecular weight is 509 g/mol. The Bertz CT molecular complexity index is 1090. The van der Waals surface area contributed by atoms with Crippen molar-refractivity contribution in [2.24, 2.45) is 5.92 Å². The molecule has 0 saturated carbocycles. The molecular formula is C29H33ClN2O2S. The third kappa shape index (κ3) is 8.75. The summed E-state index contributed by atoms with van der Waals surface area (Å²) in [6.07, 6.45) is 0.452. The van der Waals surface area contributed by atoms with Gasteiger partial charge in [-0.3, -0.25) is 9.59 Å². The van der Waals surface area contributed by atoms with Crippen LogP contribution in [-0.4, -0.2) is 35.1 Å². The molecule has 0 unspecified atom stereocenters. The minimum absolute atomic E-state index is 0.0776. The molecule has 0 fully saturated rings. The molecule has 1 atom stereocenters. The summed E-state index contributed by atoms with van der Waals surface area (Å²) in [5, 5.41) is 3.72. The summed E-state index contributed by atoms with van der Waals surface area (Å²) in [7, 11) is 0. The molecule has 0 heterocycles. The Morgan fingerprint density at radius 1 is 0.914 bits per heavy atom. The number of halogens is 1. The third-order valence-electron chi connectivity index (χ3n) is 5.61. The Morgan fingerprint density at radius 2 is 1.57 bits per heavy atom. The van der Waals surface area contributed by atoms with Crippen LogP contribution in [0.15, 0.2) is 83.8 Å². The Hall–Kier alpha value is -2.76. The highest BCUT2D eigenvalue weighted by Gasteiger charge is 2.30. The molecule has 6 heteroatoms. The van der Waals surface area contributed by atoms with Gasteiger partial charge in [-0.2, -0.15) is 0 Å². The van der Waals surface area contributed by atoms with Crippen molar-refractivity contribution in [1.82, 2.24) is 10.2 Å². The van der Waals surface area contributed by atoms with Crippen molar-refractivity contribution in [3.05, 3.63) is 101 Å². The van der Waals surface area contributed by atoms with Crippen molar-refractivity contribution in [1.29, 1.82) is 0 Å². The smallest absolute Gasteiger partial charge is 0.243 e. The van der Waals surface area contributed by atoms with Gasteiger partial charge in [0.25, 0.3) is 0 Å². The van der Waals surface area contributed by atoms with Gasteiger partial charge in [-0.1, -0.05) is 85.6 Å². The van der Waals surface area contributed by atoms with Gasteiger partial charge in [-0.05, 0) is 48.2 Å². The molecule has 3 aromatic carbocycles. The third-order valence-corrected chi connectivity index (χ3v) is 6.85. The minimum atomic E-state index is -0.615. The summed E-state index contributed by atoms with van der Waals surface area (Å²) in [6, 6.07) is 24.8. The van der Waals surface area contributed by atoms with E-state index in [0.29, 0.717) is 30.5 Å². The molecule has 2 amide bonds. The molecule has 35 heavy (non-hydrogen) atoms. The first kappa shape index (κ1) is 26.8. The summed E-state index contributed by atoms with van der Waals surface area (Å²) in [5.74, 6) is 0.347. The minimum Gasteiger partial charge on any atom is -0.354 e. The Balaban J connectivity index is 1.88. The predicted molar refractivity (Wildman–Crippen MR) is 146 cm³/mol. The predicted octanol–water partition coefficient (Wildman–Crippen LogP) is 6.15. The average Bonchev–Trinajstić information content (AvgIpc) is 2.86. The van der Waals surface area contributed by atoms with Gasteiger partial charge in [0.1, 0.15) is 6.04 Å². The maximum absolute atomic E-state index is 13.6. The Kier molecular flexibility index (Phi) is 10.2. The largest absolute Gasteiger partial charge is 0.354 e. The molecule has 4 nitrogen and oxygen atoms in total. The number of hydrogen-bond acceptors (Lipinski definition) is 3. The molecule has 0 saturated heterocycles. The zero-order chi connectivity index (χ0) is 25.2. The first-order valence-electron chi connectivity index (χ1n) is 11.9. The standard InChI is InChI=1S/C29H33ClN2O2S/c1-21(2)18-31-29(34)27(17-23-7-5-4-6-8-23)32(19-24-11-9-22(3)10-12-24)28(33)20-35-26-15-13-25(30)14-16-26/h4-16,21,27H,17-20H2,1-3H3,(H,31,34)/t27-/m1/s1. The van der Waals surface area contributed by atoms with Crippen LogP contribution in [0.2, 0.25) is 5.02 Å². The van der Waals surface area contributed by atoms with E-state index in [0.717, 1.165) is 21.6 Å². The molecule has 3 rings (SSSR count). The van der Waals surface area contributed by atoms with Crippen molar-refractivity contribution in [3.8, 4) is 0 Å². The van der Waals surface area contributed by atoms with E-state index in [1.54, 1.807) is 4.90 Å². The van der Waals surface area contributed by atoms with Gasteiger partial charge in [0.2, 0.25) is 11.8 Å². The monoisotopic (exact) mass is 508 g/mol. The molecule has 0 radical (unpaired) electrons. The van der Waals surface area contributed by atoms with Crippen LogP contribution in [0.5, 0.6) is 0 Å². The van der Waals surface area contributed by atoms with Crippen molar-refractivity contribution >= 4 is 35.2 Å². The quantitative estimate of drug-likeness (QED) is 0.316. The number of aryl methyl sites for hydroxylation is 1. The highest BCUT2D eigenvalue weighted by atomic mass is 35.5. The molecular weight excluding hydrogens is 476 g/mol. The molecule has 3 aromatic rings. The number of carbonyl (C=O) groups is 2. The van der Waals surface area contributed by atoms with Crippen LogP contribution in [0.1, 0.15) is 30.5 Å². The van der Waals surface area contributed by atoms with E-state index in [2.05, 4.69) is 19.2 Å². The van der Waals surface area contributed by atoms with Gasteiger partial charge in [-0.25, -0.2) is 0 Å². The van der Waals surface area contributed by atoms with Crippen LogP contribution >= 0.6 is 23.4 Å².